The predicted octanol–water partition coefficient (Wildman–Crippen LogP) is 4.92. The predicted molar refractivity (Wildman–Crippen MR) is 137 cm³/mol. The molecule has 222 valence electrons. The van der Waals surface area contributed by atoms with Crippen molar-refractivity contribution in [1.29, 1.82) is 0 Å². The molecule has 2 N–H and O–H groups in total. The summed E-state index contributed by atoms with van der Waals surface area (Å²) in [5.41, 5.74) is -4.28. The molecule has 1 aliphatic heterocycles. The molecule has 1 aromatic heterocycles. The summed E-state index contributed by atoms with van der Waals surface area (Å²) in [4.78, 5) is 35.4. The molecule has 0 aliphatic carbocycles. The van der Waals surface area contributed by atoms with Crippen molar-refractivity contribution >= 4 is 7.82 Å². The van der Waals surface area contributed by atoms with Crippen molar-refractivity contribution in [3.8, 4) is 12.3 Å². The van der Waals surface area contributed by atoms with Crippen LogP contribution in [0.5, 0.6) is 0 Å². The maximum atomic E-state index is 13.2. The minimum Gasteiger partial charge on any atom is -0.363 e. The number of H-pyrrole nitrogens is 1. The zero-order chi connectivity index (χ0) is 28.9. The lowest BCUT2D eigenvalue weighted by atomic mass is 10.1. The molecule has 4 atom stereocenters. The molecule has 1 aromatic rings. The quantitative estimate of drug-likeness (QED) is 0.142. The van der Waals surface area contributed by atoms with Gasteiger partial charge < -0.3 is 14.4 Å². The van der Waals surface area contributed by atoms with Crippen LogP contribution >= 0.6 is 7.82 Å². The maximum absolute atomic E-state index is 13.2. The lowest BCUT2D eigenvalue weighted by molar-refractivity contribution is -0.139. The van der Waals surface area contributed by atoms with E-state index in [0.717, 1.165) is 19.3 Å². The summed E-state index contributed by atoms with van der Waals surface area (Å²) in [5, 5.41) is 0. The topological polar surface area (TPSA) is 129 Å². The summed E-state index contributed by atoms with van der Waals surface area (Å²) < 4.78 is 73.5. The van der Waals surface area contributed by atoms with Gasteiger partial charge >= 0.3 is 19.7 Å². The molecular weight excluding hydrogens is 544 g/mol. The van der Waals surface area contributed by atoms with Crippen molar-refractivity contribution in [2.45, 2.75) is 102 Å². The van der Waals surface area contributed by atoms with Gasteiger partial charge in [-0.1, -0.05) is 70.6 Å². The van der Waals surface area contributed by atoms with Crippen molar-refractivity contribution in [2.75, 3.05) is 19.8 Å². The Morgan fingerprint density at radius 2 is 1.74 bits per heavy atom. The van der Waals surface area contributed by atoms with Crippen LogP contribution in [0.3, 0.4) is 0 Å². The SMILES string of the molecule is C#CCO[C@H]1C[C@H](n2cc(C(F)(F)F)c(=O)[nH]c2=O)O[C@@H]1COP(=O)(O)OCCCCCCCCCCCC. The number of ether oxygens (including phenoxy) is 2. The number of hydrogen-bond donors (Lipinski definition) is 2. The number of phosphoric ester groups is 1. The Hall–Kier alpha value is -1.94. The maximum Gasteiger partial charge on any atom is 0.472 e. The molecule has 0 aromatic carbocycles. The van der Waals surface area contributed by atoms with Crippen molar-refractivity contribution in [3.63, 3.8) is 0 Å². The molecule has 1 saturated heterocycles. The number of hydrogen-bond acceptors (Lipinski definition) is 7. The summed E-state index contributed by atoms with van der Waals surface area (Å²) >= 11 is 0. The number of nitrogens with zero attached hydrogens (tertiary/aromatic N) is 1. The van der Waals surface area contributed by atoms with Gasteiger partial charge in [-0.15, -0.1) is 6.42 Å². The second-order valence-corrected chi connectivity index (χ2v) is 10.9. The molecule has 14 heteroatoms. The highest BCUT2D eigenvalue weighted by molar-refractivity contribution is 7.47. The Morgan fingerprint density at radius 1 is 1.13 bits per heavy atom. The van der Waals surface area contributed by atoms with Crippen LogP contribution in [0.4, 0.5) is 13.2 Å². The van der Waals surface area contributed by atoms with Gasteiger partial charge in [0.15, 0.2) is 0 Å². The van der Waals surface area contributed by atoms with Gasteiger partial charge in [-0.3, -0.25) is 23.4 Å². The monoisotopic (exact) mass is 582 g/mol. The Bertz CT molecular complexity index is 1080. The number of terminal acetylenes is 1. The normalized spacial score (nSPS) is 21.1. The van der Waals surface area contributed by atoms with Crippen LogP contribution < -0.4 is 11.2 Å². The molecule has 1 unspecified atom stereocenters. The zero-order valence-corrected chi connectivity index (χ0v) is 23.0. The van der Waals surface area contributed by atoms with Gasteiger partial charge in [0.05, 0.1) is 19.3 Å². The Balaban J connectivity index is 1.85. The largest absolute Gasteiger partial charge is 0.472 e. The van der Waals surface area contributed by atoms with Crippen LogP contribution in [-0.4, -0.2) is 46.5 Å². The van der Waals surface area contributed by atoms with Crippen LogP contribution in [0.15, 0.2) is 15.8 Å². The van der Waals surface area contributed by atoms with Gasteiger partial charge in [0.1, 0.15) is 24.5 Å². The summed E-state index contributed by atoms with van der Waals surface area (Å²) in [6.07, 6.45) is 8.13. The Kier molecular flexibility index (Phi) is 14.0. The highest BCUT2D eigenvalue weighted by atomic mass is 31.2. The molecule has 2 heterocycles. The van der Waals surface area contributed by atoms with E-state index in [0.29, 0.717) is 17.2 Å². The average Bonchev–Trinajstić information content (AvgIpc) is 3.26. The summed E-state index contributed by atoms with van der Waals surface area (Å²) in [5.74, 6) is 2.24. The molecule has 1 aliphatic rings. The molecule has 0 spiro atoms. The highest BCUT2D eigenvalue weighted by Crippen LogP contribution is 2.44. The minimum atomic E-state index is -5.00. The van der Waals surface area contributed by atoms with Crippen LogP contribution in [0.25, 0.3) is 0 Å². The first kappa shape index (κ1) is 33.3. The fourth-order valence-electron chi connectivity index (χ4n) is 4.23. The molecule has 2 rings (SSSR count). The number of alkyl halides is 3. The fourth-order valence-corrected chi connectivity index (χ4v) is 5.00. The first-order valence-electron chi connectivity index (χ1n) is 13.2. The van der Waals surface area contributed by atoms with Gasteiger partial charge in [0.25, 0.3) is 5.56 Å². The smallest absolute Gasteiger partial charge is 0.363 e. The van der Waals surface area contributed by atoms with Gasteiger partial charge in [-0.05, 0) is 6.42 Å². The third kappa shape index (κ3) is 11.6. The number of nitrogens with one attached hydrogen (secondary N) is 1. The first-order valence-corrected chi connectivity index (χ1v) is 14.7. The van der Waals surface area contributed by atoms with Gasteiger partial charge in [-0.25, -0.2) is 9.36 Å². The second-order valence-electron chi connectivity index (χ2n) is 9.41. The minimum absolute atomic E-state index is 0.0163. The van der Waals surface area contributed by atoms with Crippen LogP contribution in [-0.2, 0) is 29.3 Å². The number of aromatic amines is 1. The number of phosphoric acid groups is 1. The van der Waals surface area contributed by atoms with E-state index in [1.165, 1.54) is 38.5 Å². The van der Waals surface area contributed by atoms with Crippen molar-refractivity contribution in [3.05, 3.63) is 32.6 Å². The molecular formula is C25H38F3N2O8P. The van der Waals surface area contributed by atoms with Crippen LogP contribution in [0.2, 0.25) is 0 Å². The van der Waals surface area contributed by atoms with E-state index in [1.807, 2.05) is 0 Å². The Labute approximate surface area is 225 Å². The molecule has 0 amide bonds. The Morgan fingerprint density at radius 3 is 2.33 bits per heavy atom. The second kappa shape index (κ2) is 16.4. The van der Waals surface area contributed by atoms with E-state index in [4.69, 9.17) is 24.9 Å². The lowest BCUT2D eigenvalue weighted by Crippen LogP contribution is -2.36. The summed E-state index contributed by atoms with van der Waals surface area (Å²) in [6.45, 7) is 1.50. The molecule has 1 fully saturated rings. The van der Waals surface area contributed by atoms with E-state index in [1.54, 1.807) is 4.98 Å². The van der Waals surface area contributed by atoms with Crippen LogP contribution in [0.1, 0.15) is 89.3 Å². The van der Waals surface area contributed by atoms with E-state index in [-0.39, 0.29) is 19.6 Å². The van der Waals surface area contributed by atoms with E-state index in [2.05, 4.69) is 12.8 Å². The first-order chi connectivity index (χ1) is 18.5. The van der Waals surface area contributed by atoms with Gasteiger partial charge in [0, 0.05) is 12.6 Å². The molecule has 0 bridgehead atoms. The van der Waals surface area contributed by atoms with E-state index < -0.39 is 55.9 Å². The average molecular weight is 583 g/mol. The van der Waals surface area contributed by atoms with Gasteiger partial charge in [-0.2, -0.15) is 13.2 Å². The van der Waals surface area contributed by atoms with Crippen molar-refractivity contribution in [2.24, 2.45) is 0 Å². The number of unbranched alkanes of at least 4 members (excludes halogenated alkanes) is 9. The van der Waals surface area contributed by atoms with Crippen LogP contribution in [0, 0.1) is 12.3 Å². The molecule has 39 heavy (non-hydrogen) atoms. The zero-order valence-electron chi connectivity index (χ0n) is 22.1. The van der Waals surface area contributed by atoms with Crippen molar-refractivity contribution in [1.82, 2.24) is 9.55 Å². The lowest BCUT2D eigenvalue weighted by Gasteiger charge is -2.20. The molecule has 0 saturated carbocycles. The fraction of sp³-hybridized carbons (Fsp3) is 0.760. The third-order valence-electron chi connectivity index (χ3n) is 6.30. The van der Waals surface area contributed by atoms with E-state index in [9.17, 15) is 32.2 Å². The number of halogens is 3. The summed E-state index contributed by atoms with van der Waals surface area (Å²) in [6, 6.07) is 0. The van der Waals surface area contributed by atoms with Gasteiger partial charge in [0.2, 0.25) is 0 Å². The molecule has 0 radical (unpaired) electrons. The van der Waals surface area contributed by atoms with Crippen molar-refractivity contribution < 1.29 is 41.2 Å². The molecule has 10 nitrogen and oxygen atoms in total. The third-order valence-corrected chi connectivity index (χ3v) is 7.28. The summed E-state index contributed by atoms with van der Waals surface area (Å²) in [7, 11) is -4.45. The highest BCUT2D eigenvalue weighted by Gasteiger charge is 2.41. The number of rotatable bonds is 18. The standard InChI is InChI=1S/C25H38F3N2O8P/c1-3-5-6-7-8-9-10-11-12-13-15-36-39(33,34)37-18-21-20(35-14-4-2)16-22(38-21)30-17-19(25(26,27)28)23(31)29-24(30)32/h2,17,20-22H,3,5-16,18H2,1H3,(H,33,34)(H,29,31,32)/t20-,21+,22+/m0/s1. The number of aromatic nitrogens is 2. The van der Waals surface area contributed by atoms with E-state index >= 15 is 0 Å².